The molecule has 0 spiro atoms. The number of anilines is 2. The van der Waals surface area contributed by atoms with Crippen molar-refractivity contribution in [3.63, 3.8) is 0 Å². The smallest absolute Gasteiger partial charge is 0.446 e. The number of phenolic OH excluding ortho intramolecular Hbond substituents is 1. The molecule has 0 aliphatic carbocycles. The molecule has 8 N–H and O–H groups in total. The van der Waals surface area contributed by atoms with E-state index in [0.29, 0.717) is 17.2 Å². The van der Waals surface area contributed by atoms with Gasteiger partial charge in [-0.15, -0.1) is 0 Å². The highest BCUT2D eigenvalue weighted by molar-refractivity contribution is 6.00. The number of aryl methyl sites for hydroxylation is 2. The van der Waals surface area contributed by atoms with Crippen LogP contribution < -0.4 is 27.0 Å². The Bertz CT molecular complexity index is 1350. The second kappa shape index (κ2) is 14.7. The fraction of sp³-hybridized carbons (Fsp3) is 0.346. The van der Waals surface area contributed by atoms with Crippen LogP contribution in [-0.4, -0.2) is 72.2 Å². The highest BCUT2D eigenvalue weighted by Crippen LogP contribution is 2.31. The van der Waals surface area contributed by atoms with Crippen molar-refractivity contribution in [3.05, 3.63) is 52.6 Å². The van der Waals surface area contributed by atoms with Crippen LogP contribution in [-0.2, 0) is 14.4 Å². The van der Waals surface area contributed by atoms with E-state index >= 15 is 0 Å². The van der Waals surface area contributed by atoms with Gasteiger partial charge in [0, 0.05) is 22.5 Å². The zero-order valence-corrected chi connectivity index (χ0v) is 22.5. The quantitative estimate of drug-likeness (QED) is 0.135. The molecule has 1 unspecified atom stereocenters. The summed E-state index contributed by atoms with van der Waals surface area (Å²) in [6, 6.07) is 6.84. The monoisotopic (exact) mass is 598 g/mol. The van der Waals surface area contributed by atoms with E-state index in [4.69, 9.17) is 10.5 Å². The lowest BCUT2D eigenvalue weighted by Crippen LogP contribution is -2.41. The lowest BCUT2D eigenvalue weighted by Gasteiger charge is -2.20. The number of carbonyl (C=O) groups is 4. The first-order chi connectivity index (χ1) is 19.6. The van der Waals surface area contributed by atoms with Gasteiger partial charge in [-0.25, -0.2) is 9.38 Å². The fourth-order valence-corrected chi connectivity index (χ4v) is 3.77. The molecule has 0 saturated heterocycles. The zero-order chi connectivity index (χ0) is 31.6. The van der Waals surface area contributed by atoms with Crippen molar-refractivity contribution in [2.45, 2.75) is 38.7 Å². The number of rotatable bonds is 8. The SMILES string of the molecule is Cc1cc(C)c(O)c([C@@H](CC(=O)O)NC(=O)CNC(=O)c2cc(N)cc(NC3=NCC(F)CN3)c2)c1.O=CC(F)(F)F. The van der Waals surface area contributed by atoms with Crippen molar-refractivity contribution in [2.75, 3.05) is 30.7 Å². The third kappa shape index (κ3) is 10.9. The number of aliphatic imine (C=N–C) groups is 1. The van der Waals surface area contributed by atoms with Crippen molar-refractivity contribution in [3.8, 4) is 5.75 Å². The number of phenols is 1. The van der Waals surface area contributed by atoms with Gasteiger partial charge in [-0.05, 0) is 37.6 Å². The Kier molecular flexibility index (Phi) is 11.6. The minimum atomic E-state index is -4.64. The maximum absolute atomic E-state index is 13.2. The average Bonchev–Trinajstić information content (AvgIpc) is 2.89. The van der Waals surface area contributed by atoms with Crippen LogP contribution in [0.4, 0.5) is 28.9 Å². The molecule has 0 radical (unpaired) electrons. The number of nitrogens with one attached hydrogen (secondary N) is 4. The van der Waals surface area contributed by atoms with Crippen LogP contribution in [0.1, 0.15) is 39.5 Å². The van der Waals surface area contributed by atoms with Gasteiger partial charge in [-0.2, -0.15) is 13.2 Å². The normalized spacial score (nSPS) is 15.1. The molecular weight excluding hydrogens is 568 g/mol. The summed E-state index contributed by atoms with van der Waals surface area (Å²) in [6.07, 6.45) is -7.23. The lowest BCUT2D eigenvalue weighted by atomic mass is 9.97. The van der Waals surface area contributed by atoms with Crippen LogP contribution in [0.5, 0.6) is 5.75 Å². The summed E-state index contributed by atoms with van der Waals surface area (Å²) < 4.78 is 44.5. The van der Waals surface area contributed by atoms with Gasteiger partial charge in [-0.3, -0.25) is 19.2 Å². The summed E-state index contributed by atoms with van der Waals surface area (Å²) in [6.45, 7) is 3.15. The summed E-state index contributed by atoms with van der Waals surface area (Å²) in [4.78, 5) is 49.3. The van der Waals surface area contributed by atoms with Crippen molar-refractivity contribution >= 4 is 41.4 Å². The molecule has 0 saturated carbocycles. The number of aldehydes is 1. The van der Waals surface area contributed by atoms with Crippen molar-refractivity contribution in [1.82, 2.24) is 16.0 Å². The number of hydrogen-bond acceptors (Lipinski definition) is 9. The first-order valence-electron chi connectivity index (χ1n) is 12.3. The van der Waals surface area contributed by atoms with E-state index in [2.05, 4.69) is 26.3 Å². The van der Waals surface area contributed by atoms with Crippen molar-refractivity contribution in [1.29, 1.82) is 0 Å². The summed E-state index contributed by atoms with van der Waals surface area (Å²) >= 11 is 0. The predicted molar refractivity (Wildman–Crippen MR) is 145 cm³/mol. The van der Waals surface area contributed by atoms with Crippen LogP contribution in [0.3, 0.4) is 0 Å². The van der Waals surface area contributed by atoms with E-state index in [1.807, 2.05) is 0 Å². The van der Waals surface area contributed by atoms with Crippen molar-refractivity contribution in [2.24, 2.45) is 4.99 Å². The Morgan fingerprint density at radius 3 is 2.43 bits per heavy atom. The first kappa shape index (κ1) is 33.3. The molecule has 1 heterocycles. The summed E-state index contributed by atoms with van der Waals surface area (Å²) in [5, 5.41) is 30.4. The number of benzene rings is 2. The van der Waals surface area contributed by atoms with Crippen LogP contribution in [0.2, 0.25) is 0 Å². The van der Waals surface area contributed by atoms with Gasteiger partial charge in [0.25, 0.3) is 5.91 Å². The van der Waals surface area contributed by atoms with E-state index in [0.717, 1.165) is 5.56 Å². The Balaban J connectivity index is 0.000000928. The molecule has 16 heteroatoms. The summed E-state index contributed by atoms with van der Waals surface area (Å²) in [7, 11) is 0. The second-order valence-corrected chi connectivity index (χ2v) is 9.22. The third-order valence-electron chi connectivity index (χ3n) is 5.53. The molecular formula is C26H30F4N6O6. The van der Waals surface area contributed by atoms with Gasteiger partial charge in [0.2, 0.25) is 12.2 Å². The molecule has 2 aromatic carbocycles. The van der Waals surface area contributed by atoms with Gasteiger partial charge in [-0.1, -0.05) is 17.7 Å². The van der Waals surface area contributed by atoms with Gasteiger partial charge in [0.1, 0.15) is 11.9 Å². The summed E-state index contributed by atoms with van der Waals surface area (Å²) in [5.41, 5.74) is 8.41. The number of carboxylic acid groups (broad SMARTS) is 1. The van der Waals surface area contributed by atoms with E-state index in [1.54, 1.807) is 32.0 Å². The van der Waals surface area contributed by atoms with Gasteiger partial charge in [0.15, 0.2) is 5.96 Å². The molecule has 228 valence electrons. The van der Waals surface area contributed by atoms with E-state index in [-0.39, 0.29) is 35.7 Å². The molecule has 12 nitrogen and oxygen atoms in total. The Labute approximate surface area is 237 Å². The number of halogens is 4. The number of nitrogen functional groups attached to an aromatic ring is 1. The Hall–Kier alpha value is -4.89. The molecule has 0 fully saturated rings. The second-order valence-electron chi connectivity index (χ2n) is 9.22. The molecule has 42 heavy (non-hydrogen) atoms. The average molecular weight is 599 g/mol. The van der Waals surface area contributed by atoms with Crippen LogP contribution in [0.25, 0.3) is 0 Å². The first-order valence-corrected chi connectivity index (χ1v) is 12.3. The van der Waals surface area contributed by atoms with E-state index < -0.39 is 55.4 Å². The van der Waals surface area contributed by atoms with Gasteiger partial charge >= 0.3 is 12.1 Å². The molecule has 1 aliphatic heterocycles. The molecule has 0 aromatic heterocycles. The van der Waals surface area contributed by atoms with E-state index in [9.17, 15) is 42.2 Å². The molecule has 2 atom stereocenters. The number of amides is 2. The number of nitrogens with zero attached hydrogens (tertiary/aromatic N) is 1. The number of carboxylic acids is 1. The molecule has 3 rings (SSSR count). The molecule has 2 amide bonds. The topological polar surface area (TPSA) is 195 Å². The number of alkyl halides is 4. The standard InChI is InChI=1S/C24H29FN6O5.C2HF3O/c1-12-3-13(2)22(35)18(4-12)19(8-21(33)34)31-20(32)11-27-23(36)14-5-16(26)7-17(6-14)30-24-28-9-15(25)10-29-24;3-2(4,5)1-6/h3-7,15,19,35H,8-11,26H2,1-2H3,(H,27,36)(H,31,32)(H,33,34)(H2,28,29,30);1H/t19-;/m1./s1. The minimum absolute atomic E-state index is 0.0167. The van der Waals surface area contributed by atoms with E-state index in [1.165, 1.54) is 12.1 Å². The maximum Gasteiger partial charge on any atom is 0.446 e. The lowest BCUT2D eigenvalue weighted by molar-refractivity contribution is -0.156. The Morgan fingerprint density at radius 2 is 1.86 bits per heavy atom. The maximum atomic E-state index is 13.2. The number of aromatic hydroxyl groups is 1. The molecule has 2 aromatic rings. The van der Waals surface area contributed by atoms with Gasteiger partial charge < -0.3 is 37.2 Å². The zero-order valence-electron chi connectivity index (χ0n) is 22.5. The van der Waals surface area contributed by atoms with Gasteiger partial charge in [0.05, 0.1) is 32.1 Å². The molecule has 0 bridgehead atoms. The fourth-order valence-electron chi connectivity index (χ4n) is 3.77. The van der Waals surface area contributed by atoms with Crippen LogP contribution in [0, 0.1) is 13.8 Å². The summed E-state index contributed by atoms with van der Waals surface area (Å²) in [5.74, 6) is -2.15. The Morgan fingerprint density at radius 1 is 1.19 bits per heavy atom. The van der Waals surface area contributed by atoms with Crippen molar-refractivity contribution < 1.29 is 47.0 Å². The highest BCUT2D eigenvalue weighted by atomic mass is 19.4. The number of guanidine groups is 1. The number of carbonyl (C=O) groups excluding carboxylic acids is 3. The highest BCUT2D eigenvalue weighted by Gasteiger charge is 2.25. The predicted octanol–water partition coefficient (Wildman–Crippen LogP) is 2.11. The number of aliphatic carboxylic acids is 1. The largest absolute Gasteiger partial charge is 0.507 e. The molecule has 1 aliphatic rings. The van der Waals surface area contributed by atoms with Crippen LogP contribution in [0.15, 0.2) is 35.3 Å². The number of hydrogen-bond donors (Lipinski definition) is 7. The number of nitrogens with two attached hydrogens (primary N) is 1. The third-order valence-corrected chi connectivity index (χ3v) is 5.53. The minimum Gasteiger partial charge on any atom is -0.507 e. The van der Waals surface area contributed by atoms with Crippen LogP contribution >= 0.6 is 0 Å².